The molecule has 0 N–H and O–H groups in total. The minimum atomic E-state index is 0.0000963. The number of nitrogens with zero attached hydrogens (tertiary/aromatic N) is 1. The molecule has 110 valence electrons. The predicted octanol–water partition coefficient (Wildman–Crippen LogP) is 3.23. The maximum Gasteiger partial charge on any atom is 0.308 e. The Morgan fingerprint density at radius 2 is 1.74 bits per heavy atom. The smallest absolute Gasteiger partial charge is 0.308 e. The Morgan fingerprint density at radius 3 is 2.26 bits per heavy atom. The van der Waals surface area contributed by atoms with Crippen molar-refractivity contribution < 1.29 is 9.53 Å². The molecule has 0 aromatic carbocycles. The molecule has 0 unspecified atom stereocenters. The van der Waals surface area contributed by atoms with Crippen molar-refractivity contribution in [1.29, 1.82) is 0 Å². The van der Waals surface area contributed by atoms with Crippen molar-refractivity contribution in [1.82, 2.24) is 4.90 Å². The van der Waals surface area contributed by atoms with Gasteiger partial charge in [-0.25, -0.2) is 0 Å². The van der Waals surface area contributed by atoms with Crippen LogP contribution in [0.25, 0.3) is 0 Å². The lowest BCUT2D eigenvalue weighted by Gasteiger charge is -2.40. The van der Waals surface area contributed by atoms with Crippen molar-refractivity contribution >= 4 is 5.97 Å². The topological polar surface area (TPSA) is 29.5 Å². The number of carbonyl (C=O) groups excluding carboxylic acids is 1. The van der Waals surface area contributed by atoms with E-state index >= 15 is 0 Å². The van der Waals surface area contributed by atoms with E-state index in [0.717, 1.165) is 24.8 Å². The molecule has 0 aromatic rings. The Hall–Kier alpha value is -0.570. The van der Waals surface area contributed by atoms with E-state index < -0.39 is 0 Å². The Labute approximate surface area is 117 Å². The molecule has 1 heterocycles. The van der Waals surface area contributed by atoms with Crippen LogP contribution in [0.1, 0.15) is 58.3 Å². The van der Waals surface area contributed by atoms with Gasteiger partial charge in [0.1, 0.15) is 0 Å². The largest absolute Gasteiger partial charge is 0.469 e. The Bertz CT molecular complexity index is 276. The molecule has 0 bridgehead atoms. The molecule has 1 aliphatic heterocycles. The molecule has 2 aliphatic rings. The first-order valence-electron chi connectivity index (χ1n) is 8.06. The van der Waals surface area contributed by atoms with Crippen LogP contribution in [0, 0.1) is 11.8 Å². The van der Waals surface area contributed by atoms with Crippen LogP contribution in [-0.2, 0) is 9.53 Å². The first-order valence-corrected chi connectivity index (χ1v) is 8.06. The molecular formula is C16H29NO2. The lowest BCUT2D eigenvalue weighted by molar-refractivity contribution is -0.147. The number of ether oxygens (including phenoxy) is 1. The lowest BCUT2D eigenvalue weighted by Crippen LogP contribution is -2.43. The zero-order valence-electron chi connectivity index (χ0n) is 12.6. The van der Waals surface area contributed by atoms with E-state index in [1.165, 1.54) is 58.7 Å². The van der Waals surface area contributed by atoms with Crippen LogP contribution in [-0.4, -0.2) is 37.1 Å². The van der Waals surface area contributed by atoms with E-state index in [4.69, 9.17) is 4.74 Å². The molecular weight excluding hydrogens is 238 g/mol. The van der Waals surface area contributed by atoms with Gasteiger partial charge in [0.25, 0.3) is 0 Å². The molecule has 0 aromatic heterocycles. The van der Waals surface area contributed by atoms with Crippen molar-refractivity contribution in [2.45, 2.75) is 64.3 Å². The highest BCUT2D eigenvalue weighted by molar-refractivity contribution is 5.72. The van der Waals surface area contributed by atoms with Gasteiger partial charge in [0.05, 0.1) is 13.0 Å². The molecule has 1 aliphatic carbocycles. The molecule has 3 nitrogen and oxygen atoms in total. The summed E-state index contributed by atoms with van der Waals surface area (Å²) < 4.78 is 4.86. The van der Waals surface area contributed by atoms with E-state index in [-0.39, 0.29) is 11.9 Å². The molecule has 1 saturated heterocycles. The third-order valence-electron chi connectivity index (χ3n) is 5.09. The van der Waals surface area contributed by atoms with Crippen molar-refractivity contribution in [2.75, 3.05) is 20.2 Å². The number of esters is 1. The van der Waals surface area contributed by atoms with Crippen LogP contribution >= 0.6 is 0 Å². The Kier molecular flexibility index (Phi) is 5.68. The first kappa shape index (κ1) is 14.8. The normalized spacial score (nSPS) is 30.2. The van der Waals surface area contributed by atoms with E-state index in [1.807, 2.05) is 0 Å². The molecule has 2 rings (SSSR count). The third kappa shape index (κ3) is 3.95. The zero-order chi connectivity index (χ0) is 13.7. The average Bonchev–Trinajstić information content (AvgIpc) is 2.48. The van der Waals surface area contributed by atoms with Crippen LogP contribution in [0.2, 0.25) is 0 Å². The molecule has 2 fully saturated rings. The number of methoxy groups -OCH3 is 1. The molecule has 3 heteroatoms. The van der Waals surface area contributed by atoms with Crippen molar-refractivity contribution in [2.24, 2.45) is 11.8 Å². The van der Waals surface area contributed by atoms with E-state index in [1.54, 1.807) is 0 Å². The molecule has 0 radical (unpaired) electrons. The molecule has 0 spiro atoms. The SMILES string of the molecule is CCCC1CCN([C@H]2CC[C@H](C(=O)OC)CC2)CC1. The summed E-state index contributed by atoms with van der Waals surface area (Å²) in [4.78, 5) is 14.2. The monoisotopic (exact) mass is 267 g/mol. The van der Waals surface area contributed by atoms with Crippen LogP contribution in [0.3, 0.4) is 0 Å². The quantitative estimate of drug-likeness (QED) is 0.732. The van der Waals surface area contributed by atoms with Gasteiger partial charge in [0, 0.05) is 6.04 Å². The van der Waals surface area contributed by atoms with Crippen LogP contribution in [0.5, 0.6) is 0 Å². The van der Waals surface area contributed by atoms with Gasteiger partial charge in [-0.1, -0.05) is 19.8 Å². The van der Waals surface area contributed by atoms with Crippen LogP contribution in [0.15, 0.2) is 0 Å². The van der Waals surface area contributed by atoms with E-state index in [0.29, 0.717) is 0 Å². The van der Waals surface area contributed by atoms with Gasteiger partial charge in [-0.2, -0.15) is 0 Å². The fraction of sp³-hybridized carbons (Fsp3) is 0.938. The third-order valence-corrected chi connectivity index (χ3v) is 5.09. The number of piperidine rings is 1. The highest BCUT2D eigenvalue weighted by atomic mass is 16.5. The summed E-state index contributed by atoms with van der Waals surface area (Å²) >= 11 is 0. The second-order valence-electron chi connectivity index (χ2n) is 6.30. The van der Waals surface area contributed by atoms with Crippen molar-refractivity contribution in [3.05, 3.63) is 0 Å². The summed E-state index contributed by atoms with van der Waals surface area (Å²) in [5.74, 6) is 1.13. The zero-order valence-corrected chi connectivity index (χ0v) is 12.6. The summed E-state index contributed by atoms with van der Waals surface area (Å²) in [6.45, 7) is 4.84. The highest BCUT2D eigenvalue weighted by Crippen LogP contribution is 2.31. The predicted molar refractivity (Wildman–Crippen MR) is 77.0 cm³/mol. The maximum atomic E-state index is 11.5. The molecule has 0 amide bonds. The summed E-state index contributed by atoms with van der Waals surface area (Å²) in [7, 11) is 1.51. The fourth-order valence-corrected chi connectivity index (χ4v) is 3.86. The standard InChI is InChI=1S/C16H29NO2/c1-3-4-13-9-11-17(12-10-13)15-7-5-14(6-8-15)16(18)19-2/h13-15H,3-12H2,1-2H3/t14-,15-. The van der Waals surface area contributed by atoms with Crippen molar-refractivity contribution in [3.8, 4) is 0 Å². The summed E-state index contributed by atoms with van der Waals surface area (Å²) in [5, 5.41) is 0. The van der Waals surface area contributed by atoms with E-state index in [2.05, 4.69) is 11.8 Å². The minimum absolute atomic E-state index is 0.0000963. The average molecular weight is 267 g/mol. The van der Waals surface area contributed by atoms with Gasteiger partial charge in [-0.05, 0) is 57.5 Å². The highest BCUT2D eigenvalue weighted by Gasteiger charge is 2.31. The lowest BCUT2D eigenvalue weighted by atomic mass is 9.83. The Morgan fingerprint density at radius 1 is 1.11 bits per heavy atom. The van der Waals surface area contributed by atoms with Crippen molar-refractivity contribution in [3.63, 3.8) is 0 Å². The summed E-state index contributed by atoms with van der Waals surface area (Å²) in [6, 6.07) is 0.725. The second kappa shape index (κ2) is 7.28. The number of carbonyl (C=O) groups is 1. The molecule has 1 saturated carbocycles. The maximum absolute atomic E-state index is 11.5. The van der Waals surface area contributed by atoms with Crippen LogP contribution < -0.4 is 0 Å². The Balaban J connectivity index is 1.72. The number of hydrogen-bond donors (Lipinski definition) is 0. The van der Waals surface area contributed by atoms with Crippen LogP contribution in [0.4, 0.5) is 0 Å². The fourth-order valence-electron chi connectivity index (χ4n) is 3.86. The number of likely N-dealkylation sites (tertiary alicyclic amines) is 1. The second-order valence-corrected chi connectivity index (χ2v) is 6.30. The van der Waals surface area contributed by atoms with Gasteiger partial charge < -0.3 is 9.64 Å². The van der Waals surface area contributed by atoms with Gasteiger partial charge in [-0.3, -0.25) is 4.79 Å². The minimum Gasteiger partial charge on any atom is -0.469 e. The molecule has 19 heavy (non-hydrogen) atoms. The number of rotatable bonds is 4. The number of hydrogen-bond acceptors (Lipinski definition) is 3. The first-order chi connectivity index (χ1) is 9.24. The van der Waals surface area contributed by atoms with Gasteiger partial charge in [0.2, 0.25) is 0 Å². The van der Waals surface area contributed by atoms with E-state index in [9.17, 15) is 4.79 Å². The summed E-state index contributed by atoms with van der Waals surface area (Å²) in [6.07, 6.45) is 9.89. The van der Waals surface area contributed by atoms with Gasteiger partial charge >= 0.3 is 5.97 Å². The molecule has 0 atom stereocenters. The summed E-state index contributed by atoms with van der Waals surface area (Å²) in [5.41, 5.74) is 0. The van der Waals surface area contributed by atoms with Gasteiger partial charge in [-0.15, -0.1) is 0 Å². The van der Waals surface area contributed by atoms with Gasteiger partial charge in [0.15, 0.2) is 0 Å².